The summed E-state index contributed by atoms with van der Waals surface area (Å²) in [5.41, 5.74) is 6.43. The van der Waals surface area contributed by atoms with Crippen LogP contribution in [0.4, 0.5) is 11.9 Å². The van der Waals surface area contributed by atoms with Crippen molar-refractivity contribution in [3.8, 4) is 0 Å². The van der Waals surface area contributed by atoms with Crippen molar-refractivity contribution in [2.75, 3.05) is 23.7 Å². The minimum absolute atomic E-state index is 0.0178. The third-order valence-electron chi connectivity index (χ3n) is 3.74. The van der Waals surface area contributed by atoms with Crippen LogP contribution < -0.4 is 10.6 Å². The number of Topliss-reactive ketones (excluding diaryl/α,β-unsaturated/α-hetero) is 1. The smallest absolute Gasteiger partial charge is 0.230 e. The van der Waals surface area contributed by atoms with Crippen molar-refractivity contribution in [3.63, 3.8) is 0 Å². The molecule has 1 aromatic heterocycles. The highest BCUT2D eigenvalue weighted by molar-refractivity contribution is 5.97. The van der Waals surface area contributed by atoms with E-state index in [2.05, 4.69) is 19.9 Å². The summed E-state index contributed by atoms with van der Waals surface area (Å²) in [6.07, 6.45) is 3.63. The third-order valence-corrected chi connectivity index (χ3v) is 3.74. The Morgan fingerprint density at radius 1 is 1.05 bits per heavy atom. The first kappa shape index (κ1) is 14.4. The van der Waals surface area contributed by atoms with Gasteiger partial charge in [-0.3, -0.25) is 4.79 Å². The van der Waals surface area contributed by atoms with Gasteiger partial charge in [-0.2, -0.15) is 15.0 Å². The Hall–Kier alpha value is -2.50. The number of hydrogen-bond donors (Lipinski definition) is 1. The van der Waals surface area contributed by atoms with Crippen LogP contribution in [0, 0.1) is 0 Å². The van der Waals surface area contributed by atoms with Crippen molar-refractivity contribution < 1.29 is 4.79 Å². The van der Waals surface area contributed by atoms with Gasteiger partial charge < -0.3 is 10.6 Å². The Bertz CT molecular complexity index is 653. The molecule has 0 saturated carbocycles. The number of hydrogen-bond acceptors (Lipinski definition) is 6. The predicted octanol–water partition coefficient (Wildman–Crippen LogP) is 1.87. The molecule has 1 saturated heterocycles. The van der Waals surface area contributed by atoms with Gasteiger partial charge in [0.15, 0.2) is 5.78 Å². The molecule has 1 aliphatic heterocycles. The normalized spacial score (nSPS) is 14.8. The summed E-state index contributed by atoms with van der Waals surface area (Å²) >= 11 is 0. The predicted molar refractivity (Wildman–Crippen MR) is 84.8 cm³/mol. The molecule has 0 aliphatic carbocycles. The molecular weight excluding hydrogens is 278 g/mol. The first-order valence-electron chi connectivity index (χ1n) is 7.56. The van der Waals surface area contributed by atoms with E-state index in [0.717, 1.165) is 25.9 Å². The van der Waals surface area contributed by atoms with E-state index in [4.69, 9.17) is 5.73 Å². The van der Waals surface area contributed by atoms with Crippen LogP contribution in [0.25, 0.3) is 0 Å². The summed E-state index contributed by atoms with van der Waals surface area (Å²) in [6, 6.07) is 9.14. The number of aromatic nitrogens is 3. The Morgan fingerprint density at radius 3 is 2.50 bits per heavy atom. The largest absolute Gasteiger partial charge is 0.368 e. The first-order valence-corrected chi connectivity index (χ1v) is 7.56. The molecule has 0 atom stereocenters. The number of rotatable bonds is 4. The zero-order valence-corrected chi connectivity index (χ0v) is 12.4. The molecule has 0 amide bonds. The average molecular weight is 297 g/mol. The number of piperidine rings is 1. The van der Waals surface area contributed by atoms with Crippen molar-refractivity contribution >= 4 is 17.7 Å². The van der Waals surface area contributed by atoms with Gasteiger partial charge in [-0.25, -0.2) is 0 Å². The molecule has 2 N–H and O–H groups in total. The molecule has 1 aliphatic rings. The molecule has 0 spiro atoms. The zero-order valence-electron chi connectivity index (χ0n) is 12.4. The molecule has 1 aromatic carbocycles. The topological polar surface area (TPSA) is 85.0 Å². The minimum Gasteiger partial charge on any atom is -0.368 e. The average Bonchev–Trinajstić information content (AvgIpc) is 2.56. The van der Waals surface area contributed by atoms with Crippen LogP contribution in [0.1, 0.15) is 35.4 Å². The lowest BCUT2D eigenvalue weighted by Gasteiger charge is -2.26. The Morgan fingerprint density at radius 2 is 1.77 bits per heavy atom. The van der Waals surface area contributed by atoms with Crippen LogP contribution in [-0.4, -0.2) is 33.8 Å². The van der Waals surface area contributed by atoms with Crippen LogP contribution in [0.5, 0.6) is 0 Å². The van der Waals surface area contributed by atoms with Gasteiger partial charge in [0.25, 0.3) is 0 Å². The summed E-state index contributed by atoms with van der Waals surface area (Å²) in [7, 11) is 0. The number of nitrogens with two attached hydrogens (primary N) is 1. The van der Waals surface area contributed by atoms with E-state index < -0.39 is 0 Å². The molecule has 0 bridgehead atoms. The van der Waals surface area contributed by atoms with Gasteiger partial charge in [0, 0.05) is 18.7 Å². The monoisotopic (exact) mass is 297 g/mol. The maximum Gasteiger partial charge on any atom is 0.230 e. The molecule has 2 heterocycles. The molecule has 1 fully saturated rings. The lowest BCUT2D eigenvalue weighted by atomic mass is 10.1. The van der Waals surface area contributed by atoms with Crippen LogP contribution >= 0.6 is 0 Å². The van der Waals surface area contributed by atoms with Crippen molar-refractivity contribution in [1.29, 1.82) is 0 Å². The van der Waals surface area contributed by atoms with Gasteiger partial charge in [0.1, 0.15) is 5.82 Å². The minimum atomic E-state index is -0.0178. The van der Waals surface area contributed by atoms with Gasteiger partial charge in [-0.15, -0.1) is 0 Å². The number of carbonyl (C=O) groups excluding carboxylic acids is 1. The van der Waals surface area contributed by atoms with Crippen molar-refractivity contribution in [2.45, 2.75) is 25.7 Å². The fourth-order valence-corrected chi connectivity index (χ4v) is 2.61. The van der Waals surface area contributed by atoms with E-state index in [1.807, 2.05) is 18.2 Å². The summed E-state index contributed by atoms with van der Waals surface area (Å²) in [5, 5.41) is 0. The number of nitrogen functional groups attached to an aromatic ring is 1. The summed E-state index contributed by atoms with van der Waals surface area (Å²) < 4.78 is 0. The Labute approximate surface area is 129 Å². The van der Waals surface area contributed by atoms with Gasteiger partial charge in [-0.1, -0.05) is 30.3 Å². The van der Waals surface area contributed by atoms with Gasteiger partial charge in [0.05, 0.1) is 6.42 Å². The second-order valence-electron chi connectivity index (χ2n) is 5.42. The SMILES string of the molecule is Nc1nc(CC(=O)c2ccccc2)nc(N2CCCCC2)n1. The summed E-state index contributed by atoms with van der Waals surface area (Å²) in [5.74, 6) is 1.17. The molecule has 6 heteroatoms. The van der Waals surface area contributed by atoms with Crippen LogP contribution in [0.3, 0.4) is 0 Å². The van der Waals surface area contributed by atoms with E-state index in [1.54, 1.807) is 12.1 Å². The van der Waals surface area contributed by atoms with E-state index in [-0.39, 0.29) is 18.2 Å². The molecule has 22 heavy (non-hydrogen) atoms. The summed E-state index contributed by atoms with van der Waals surface area (Å²) in [6.45, 7) is 1.85. The standard InChI is InChI=1S/C16H19N5O/c17-15-18-14(11-13(22)12-7-3-1-4-8-12)19-16(20-15)21-9-5-2-6-10-21/h1,3-4,7-8H,2,5-6,9-11H2,(H2,17,18,19,20). The van der Waals surface area contributed by atoms with E-state index in [1.165, 1.54) is 6.42 Å². The maximum absolute atomic E-state index is 12.3. The molecule has 114 valence electrons. The van der Waals surface area contributed by atoms with E-state index in [0.29, 0.717) is 17.3 Å². The highest BCUT2D eigenvalue weighted by atomic mass is 16.1. The number of nitrogens with zero attached hydrogens (tertiary/aromatic N) is 4. The Kier molecular flexibility index (Phi) is 4.27. The molecule has 2 aromatic rings. The number of ketones is 1. The second kappa shape index (κ2) is 6.51. The Balaban J connectivity index is 1.79. The third kappa shape index (κ3) is 3.39. The van der Waals surface area contributed by atoms with Gasteiger partial charge in [0.2, 0.25) is 11.9 Å². The number of benzene rings is 1. The molecule has 3 rings (SSSR count). The molecule has 6 nitrogen and oxygen atoms in total. The first-order chi connectivity index (χ1) is 10.7. The molecule has 0 unspecified atom stereocenters. The summed E-state index contributed by atoms with van der Waals surface area (Å²) in [4.78, 5) is 27.1. The quantitative estimate of drug-likeness (QED) is 0.867. The second-order valence-corrected chi connectivity index (χ2v) is 5.42. The molecule has 0 radical (unpaired) electrons. The van der Waals surface area contributed by atoms with Gasteiger partial charge >= 0.3 is 0 Å². The maximum atomic E-state index is 12.3. The number of carbonyl (C=O) groups is 1. The van der Waals surface area contributed by atoms with Crippen LogP contribution in [0.2, 0.25) is 0 Å². The lowest BCUT2D eigenvalue weighted by Crippen LogP contribution is -2.31. The highest BCUT2D eigenvalue weighted by Crippen LogP contribution is 2.16. The van der Waals surface area contributed by atoms with Crippen molar-refractivity contribution in [2.24, 2.45) is 0 Å². The zero-order chi connectivity index (χ0) is 15.4. The lowest BCUT2D eigenvalue weighted by molar-refractivity contribution is 0.0991. The van der Waals surface area contributed by atoms with E-state index >= 15 is 0 Å². The fourth-order valence-electron chi connectivity index (χ4n) is 2.61. The van der Waals surface area contributed by atoms with Crippen molar-refractivity contribution in [3.05, 3.63) is 41.7 Å². The highest BCUT2D eigenvalue weighted by Gasteiger charge is 2.17. The van der Waals surface area contributed by atoms with Crippen LogP contribution in [-0.2, 0) is 6.42 Å². The molecular formula is C16H19N5O. The van der Waals surface area contributed by atoms with E-state index in [9.17, 15) is 4.79 Å². The van der Waals surface area contributed by atoms with Crippen LogP contribution in [0.15, 0.2) is 30.3 Å². The van der Waals surface area contributed by atoms with Crippen molar-refractivity contribution in [1.82, 2.24) is 15.0 Å². The number of anilines is 2. The van der Waals surface area contributed by atoms with Gasteiger partial charge in [-0.05, 0) is 19.3 Å². The fraction of sp³-hybridized carbons (Fsp3) is 0.375.